The second kappa shape index (κ2) is 7.61. The largest absolute Gasteiger partial charge is 0.316 e. The summed E-state index contributed by atoms with van der Waals surface area (Å²) in [6.07, 6.45) is 5.91. The third-order valence-electron chi connectivity index (χ3n) is 4.26. The lowest BCUT2D eigenvalue weighted by atomic mass is 9.85. The van der Waals surface area contributed by atoms with Crippen molar-refractivity contribution in [3.63, 3.8) is 0 Å². The summed E-state index contributed by atoms with van der Waals surface area (Å²) in [5.41, 5.74) is 1.16. The summed E-state index contributed by atoms with van der Waals surface area (Å²) < 4.78 is 0. The maximum atomic E-state index is 4.38. The highest BCUT2D eigenvalue weighted by atomic mass is 15.1. The van der Waals surface area contributed by atoms with Gasteiger partial charge in [-0.25, -0.2) is 0 Å². The topological polar surface area (TPSA) is 28.2 Å². The average Bonchev–Trinajstić information content (AvgIpc) is 2.47. The van der Waals surface area contributed by atoms with Gasteiger partial charge in [0.05, 0.1) is 5.69 Å². The van der Waals surface area contributed by atoms with Crippen molar-refractivity contribution in [1.29, 1.82) is 0 Å². The molecule has 1 aliphatic rings. The molecule has 1 fully saturated rings. The third kappa shape index (κ3) is 4.92. The zero-order valence-electron chi connectivity index (χ0n) is 12.3. The van der Waals surface area contributed by atoms with E-state index in [4.69, 9.17) is 0 Å². The van der Waals surface area contributed by atoms with Crippen LogP contribution in [-0.2, 0) is 6.54 Å². The van der Waals surface area contributed by atoms with Crippen molar-refractivity contribution < 1.29 is 0 Å². The predicted octanol–water partition coefficient (Wildman–Crippen LogP) is 2.54. The van der Waals surface area contributed by atoms with E-state index in [0.29, 0.717) is 0 Å². The van der Waals surface area contributed by atoms with Gasteiger partial charge in [0.1, 0.15) is 0 Å². The van der Waals surface area contributed by atoms with Gasteiger partial charge in [-0.15, -0.1) is 0 Å². The van der Waals surface area contributed by atoms with E-state index in [2.05, 4.69) is 41.3 Å². The predicted molar refractivity (Wildman–Crippen MR) is 79.9 cm³/mol. The number of nitrogens with one attached hydrogen (secondary N) is 1. The third-order valence-corrected chi connectivity index (χ3v) is 4.26. The molecule has 0 bridgehead atoms. The van der Waals surface area contributed by atoms with Crippen molar-refractivity contribution in [2.75, 3.05) is 26.7 Å². The molecule has 2 unspecified atom stereocenters. The minimum atomic E-state index is 0.819. The normalized spacial score (nSPS) is 21.5. The molecule has 2 rings (SSSR count). The first kappa shape index (κ1) is 14.5. The Bertz CT molecular complexity index is 346. The van der Waals surface area contributed by atoms with Crippen LogP contribution < -0.4 is 5.32 Å². The highest BCUT2D eigenvalue weighted by Crippen LogP contribution is 2.22. The number of rotatable bonds is 6. The highest BCUT2D eigenvalue weighted by molar-refractivity contribution is 5.02. The number of nitrogens with zero attached hydrogens (tertiary/aromatic N) is 2. The van der Waals surface area contributed by atoms with Crippen LogP contribution in [0.1, 0.15) is 31.9 Å². The fraction of sp³-hybridized carbons (Fsp3) is 0.688. The first-order chi connectivity index (χ1) is 9.25. The molecule has 2 atom stereocenters. The summed E-state index contributed by atoms with van der Waals surface area (Å²) in [5.74, 6) is 1.69. The molecular formula is C16H27N3. The number of pyridine rings is 1. The maximum absolute atomic E-state index is 4.38. The second-order valence-electron chi connectivity index (χ2n) is 5.93. The van der Waals surface area contributed by atoms with Crippen molar-refractivity contribution in [1.82, 2.24) is 15.2 Å². The van der Waals surface area contributed by atoms with Gasteiger partial charge in [-0.2, -0.15) is 0 Å². The smallest absolute Gasteiger partial charge is 0.0543 e. The lowest BCUT2D eigenvalue weighted by Gasteiger charge is -2.29. The van der Waals surface area contributed by atoms with Crippen LogP contribution in [0.4, 0.5) is 0 Å². The van der Waals surface area contributed by atoms with Gasteiger partial charge in [0, 0.05) is 12.7 Å². The zero-order chi connectivity index (χ0) is 13.5. The quantitative estimate of drug-likeness (QED) is 0.853. The van der Waals surface area contributed by atoms with Crippen LogP contribution in [-0.4, -0.2) is 36.6 Å². The van der Waals surface area contributed by atoms with Gasteiger partial charge in [0.2, 0.25) is 0 Å². The van der Waals surface area contributed by atoms with Gasteiger partial charge < -0.3 is 10.2 Å². The Hall–Kier alpha value is -0.930. The molecule has 0 spiro atoms. The van der Waals surface area contributed by atoms with Crippen molar-refractivity contribution >= 4 is 0 Å². The highest BCUT2D eigenvalue weighted by Gasteiger charge is 2.19. The fourth-order valence-electron chi connectivity index (χ4n) is 2.87. The van der Waals surface area contributed by atoms with Crippen molar-refractivity contribution in [3.8, 4) is 0 Å². The summed E-state index contributed by atoms with van der Waals surface area (Å²) in [7, 11) is 2.19. The van der Waals surface area contributed by atoms with E-state index in [1.807, 2.05) is 12.3 Å². The summed E-state index contributed by atoms with van der Waals surface area (Å²) in [6, 6.07) is 6.14. The molecule has 1 saturated heterocycles. The van der Waals surface area contributed by atoms with E-state index in [0.717, 1.165) is 30.6 Å². The SMILES string of the molecule is CC(CCN(C)Cc1ccccn1)C1CCCNC1. The number of hydrogen-bond donors (Lipinski definition) is 1. The Labute approximate surface area is 117 Å². The minimum Gasteiger partial charge on any atom is -0.316 e. The standard InChI is InChI=1S/C16H27N3/c1-14(15-6-5-9-17-12-15)8-11-19(2)13-16-7-3-4-10-18-16/h3-4,7,10,14-15,17H,5-6,8-9,11-13H2,1-2H3. The van der Waals surface area contributed by atoms with Crippen LogP contribution in [0.25, 0.3) is 0 Å². The molecule has 1 aromatic heterocycles. The lowest BCUT2D eigenvalue weighted by Crippen LogP contribution is -2.34. The molecule has 19 heavy (non-hydrogen) atoms. The van der Waals surface area contributed by atoms with E-state index < -0.39 is 0 Å². The molecule has 0 saturated carbocycles. The molecule has 3 heteroatoms. The number of aromatic nitrogens is 1. The Morgan fingerprint density at radius 1 is 1.47 bits per heavy atom. The molecular weight excluding hydrogens is 234 g/mol. The van der Waals surface area contributed by atoms with Gasteiger partial charge in [0.25, 0.3) is 0 Å². The van der Waals surface area contributed by atoms with E-state index in [-0.39, 0.29) is 0 Å². The Morgan fingerprint density at radius 2 is 2.37 bits per heavy atom. The average molecular weight is 261 g/mol. The van der Waals surface area contributed by atoms with Gasteiger partial charge in [0.15, 0.2) is 0 Å². The summed E-state index contributed by atoms with van der Waals surface area (Å²) in [4.78, 5) is 6.77. The van der Waals surface area contributed by atoms with Crippen LogP contribution in [0, 0.1) is 11.8 Å². The van der Waals surface area contributed by atoms with E-state index >= 15 is 0 Å². The van der Waals surface area contributed by atoms with Gasteiger partial charge in [-0.3, -0.25) is 4.98 Å². The lowest BCUT2D eigenvalue weighted by molar-refractivity contribution is 0.228. The molecule has 0 aromatic carbocycles. The van der Waals surface area contributed by atoms with Crippen LogP contribution in [0.3, 0.4) is 0 Å². The first-order valence-electron chi connectivity index (χ1n) is 7.55. The van der Waals surface area contributed by atoms with Crippen LogP contribution in [0.2, 0.25) is 0 Å². The van der Waals surface area contributed by atoms with Gasteiger partial charge in [-0.05, 0) is 69.9 Å². The van der Waals surface area contributed by atoms with Gasteiger partial charge in [-0.1, -0.05) is 13.0 Å². The minimum absolute atomic E-state index is 0.819. The number of hydrogen-bond acceptors (Lipinski definition) is 3. The summed E-state index contributed by atoms with van der Waals surface area (Å²) >= 11 is 0. The first-order valence-corrected chi connectivity index (χ1v) is 7.55. The van der Waals surface area contributed by atoms with Crippen molar-refractivity contribution in [3.05, 3.63) is 30.1 Å². The van der Waals surface area contributed by atoms with Crippen molar-refractivity contribution in [2.45, 2.75) is 32.7 Å². The summed E-state index contributed by atoms with van der Waals surface area (Å²) in [6.45, 7) is 6.95. The Morgan fingerprint density at radius 3 is 3.05 bits per heavy atom. The molecule has 0 aliphatic carbocycles. The Balaban J connectivity index is 1.69. The molecule has 1 aromatic rings. The molecule has 3 nitrogen and oxygen atoms in total. The van der Waals surface area contributed by atoms with Crippen molar-refractivity contribution in [2.24, 2.45) is 11.8 Å². The molecule has 1 N–H and O–H groups in total. The monoisotopic (exact) mass is 261 g/mol. The van der Waals surface area contributed by atoms with Crippen LogP contribution >= 0.6 is 0 Å². The van der Waals surface area contributed by atoms with E-state index in [9.17, 15) is 0 Å². The molecule has 106 valence electrons. The maximum Gasteiger partial charge on any atom is 0.0543 e. The molecule has 1 aliphatic heterocycles. The zero-order valence-corrected chi connectivity index (χ0v) is 12.3. The van der Waals surface area contributed by atoms with E-state index in [1.165, 1.54) is 32.4 Å². The Kier molecular flexibility index (Phi) is 5.80. The molecule has 2 heterocycles. The van der Waals surface area contributed by atoms with Crippen LogP contribution in [0.5, 0.6) is 0 Å². The van der Waals surface area contributed by atoms with E-state index in [1.54, 1.807) is 0 Å². The second-order valence-corrected chi connectivity index (χ2v) is 5.93. The van der Waals surface area contributed by atoms with Crippen LogP contribution in [0.15, 0.2) is 24.4 Å². The van der Waals surface area contributed by atoms with Gasteiger partial charge >= 0.3 is 0 Å². The molecule has 0 amide bonds. The number of piperidine rings is 1. The summed E-state index contributed by atoms with van der Waals surface area (Å²) in [5, 5.41) is 3.52. The molecule has 0 radical (unpaired) electrons. The fourth-order valence-corrected chi connectivity index (χ4v) is 2.87.